The fourth-order valence-electron chi connectivity index (χ4n) is 2.68. The molecule has 1 fully saturated rings. The molecule has 22 heavy (non-hydrogen) atoms. The van der Waals surface area contributed by atoms with E-state index in [1.165, 1.54) is 0 Å². The molecule has 2 unspecified atom stereocenters. The maximum absolute atomic E-state index is 11.4. The van der Waals surface area contributed by atoms with E-state index >= 15 is 0 Å². The van der Waals surface area contributed by atoms with Crippen molar-refractivity contribution in [1.29, 1.82) is 0 Å². The fourth-order valence-corrected chi connectivity index (χ4v) is 2.68. The van der Waals surface area contributed by atoms with Gasteiger partial charge >= 0.3 is 5.97 Å². The normalized spacial score (nSPS) is 22.2. The molecule has 0 spiro atoms. The summed E-state index contributed by atoms with van der Waals surface area (Å²) in [7, 11) is 3.98. The highest BCUT2D eigenvalue weighted by Crippen LogP contribution is 2.23. The zero-order valence-electron chi connectivity index (χ0n) is 13.5. The number of likely N-dealkylation sites (tertiary alicyclic amines) is 1. The maximum Gasteiger partial charge on any atom is 0.320 e. The summed E-state index contributed by atoms with van der Waals surface area (Å²) in [4.78, 5) is 24.1. The Labute approximate surface area is 131 Å². The van der Waals surface area contributed by atoms with Gasteiger partial charge in [-0.25, -0.2) is 9.97 Å². The molecule has 2 N–H and O–H groups in total. The predicted molar refractivity (Wildman–Crippen MR) is 84.7 cm³/mol. The second-order valence-electron chi connectivity index (χ2n) is 5.98. The first-order chi connectivity index (χ1) is 10.5. The summed E-state index contributed by atoms with van der Waals surface area (Å²) in [6.45, 7) is 4.24. The largest absolute Gasteiger partial charge is 0.480 e. The number of anilines is 1. The van der Waals surface area contributed by atoms with Gasteiger partial charge in [0.25, 0.3) is 0 Å². The summed E-state index contributed by atoms with van der Waals surface area (Å²) in [6.07, 6.45) is 5.21. The van der Waals surface area contributed by atoms with Crippen molar-refractivity contribution in [2.24, 2.45) is 0 Å². The minimum Gasteiger partial charge on any atom is -0.480 e. The van der Waals surface area contributed by atoms with Crippen LogP contribution in [0.15, 0.2) is 12.4 Å². The Kier molecular flexibility index (Phi) is 5.68. The van der Waals surface area contributed by atoms with Crippen molar-refractivity contribution in [2.75, 3.05) is 32.5 Å². The highest BCUT2D eigenvalue weighted by molar-refractivity contribution is 5.74. The van der Waals surface area contributed by atoms with Gasteiger partial charge in [0.05, 0.1) is 0 Å². The summed E-state index contributed by atoms with van der Waals surface area (Å²) >= 11 is 0. The summed E-state index contributed by atoms with van der Waals surface area (Å²) in [6, 6.07) is -0.169. The Bertz CT molecular complexity index is 491. The van der Waals surface area contributed by atoms with Crippen molar-refractivity contribution < 1.29 is 9.90 Å². The lowest BCUT2D eigenvalue weighted by atomic mass is 10.1. The number of hydrogen-bond donors (Lipinski definition) is 2. The van der Waals surface area contributed by atoms with Crippen LogP contribution in [-0.4, -0.2) is 70.1 Å². The summed E-state index contributed by atoms with van der Waals surface area (Å²) < 4.78 is 0. The van der Waals surface area contributed by atoms with Crippen LogP contribution in [0.4, 0.5) is 5.95 Å². The molecule has 7 heteroatoms. The van der Waals surface area contributed by atoms with Gasteiger partial charge in [0.1, 0.15) is 6.04 Å². The Morgan fingerprint density at radius 1 is 1.45 bits per heavy atom. The zero-order valence-corrected chi connectivity index (χ0v) is 13.5. The number of nitrogens with one attached hydrogen (secondary N) is 1. The van der Waals surface area contributed by atoms with Crippen LogP contribution in [-0.2, 0) is 11.3 Å². The van der Waals surface area contributed by atoms with Crippen molar-refractivity contribution in [3.8, 4) is 0 Å². The van der Waals surface area contributed by atoms with Crippen molar-refractivity contribution in [3.05, 3.63) is 18.0 Å². The molecular formula is C15H25N5O2. The third-order valence-electron chi connectivity index (χ3n) is 4.02. The first kappa shape index (κ1) is 16.6. The number of aliphatic carboxylic acids is 1. The van der Waals surface area contributed by atoms with E-state index in [4.69, 9.17) is 0 Å². The molecule has 0 radical (unpaired) electrons. The van der Waals surface area contributed by atoms with Crippen molar-refractivity contribution in [1.82, 2.24) is 19.8 Å². The van der Waals surface area contributed by atoms with E-state index < -0.39 is 12.0 Å². The smallest absolute Gasteiger partial charge is 0.320 e. The van der Waals surface area contributed by atoms with Gasteiger partial charge in [0.15, 0.2) is 0 Å². The minimum absolute atomic E-state index is 0.271. The predicted octanol–water partition coefficient (Wildman–Crippen LogP) is 0.888. The highest BCUT2D eigenvalue weighted by Gasteiger charge is 2.37. The molecule has 0 bridgehead atoms. The molecule has 2 heterocycles. The average Bonchev–Trinajstić information content (AvgIpc) is 2.91. The van der Waals surface area contributed by atoms with E-state index in [1.54, 1.807) is 12.4 Å². The van der Waals surface area contributed by atoms with Gasteiger partial charge in [-0.15, -0.1) is 0 Å². The van der Waals surface area contributed by atoms with Crippen LogP contribution in [0.25, 0.3) is 0 Å². The Hall–Kier alpha value is -1.73. The first-order valence-electron chi connectivity index (χ1n) is 7.69. The number of rotatable bonds is 7. The third-order valence-corrected chi connectivity index (χ3v) is 4.02. The van der Waals surface area contributed by atoms with Gasteiger partial charge in [-0.2, -0.15) is 0 Å². The molecule has 1 aromatic heterocycles. The van der Waals surface area contributed by atoms with Crippen LogP contribution in [0.1, 0.15) is 25.3 Å². The summed E-state index contributed by atoms with van der Waals surface area (Å²) in [5.74, 6) is -0.139. The molecule has 1 aromatic rings. The van der Waals surface area contributed by atoms with E-state index in [2.05, 4.69) is 27.1 Å². The molecule has 1 aliphatic rings. The molecule has 1 aliphatic heterocycles. The zero-order chi connectivity index (χ0) is 16.1. The molecule has 7 nitrogen and oxygen atoms in total. The van der Waals surface area contributed by atoms with Crippen molar-refractivity contribution in [3.63, 3.8) is 0 Å². The third kappa shape index (κ3) is 4.14. The average molecular weight is 307 g/mol. The molecule has 0 saturated carbocycles. The lowest BCUT2D eigenvalue weighted by Gasteiger charge is -2.21. The molecule has 122 valence electrons. The van der Waals surface area contributed by atoms with E-state index in [0.29, 0.717) is 18.9 Å². The van der Waals surface area contributed by atoms with Crippen LogP contribution < -0.4 is 5.32 Å². The molecule has 0 aromatic carbocycles. The highest BCUT2D eigenvalue weighted by atomic mass is 16.4. The van der Waals surface area contributed by atoms with E-state index in [1.807, 2.05) is 19.0 Å². The molecule has 2 rings (SSSR count). The number of carbonyl (C=O) groups is 1. The lowest BCUT2D eigenvalue weighted by molar-refractivity contribution is -0.142. The second-order valence-corrected chi connectivity index (χ2v) is 5.98. The Morgan fingerprint density at radius 2 is 2.14 bits per heavy atom. The Balaban J connectivity index is 2.00. The molecule has 2 atom stereocenters. The SMILES string of the molecule is CCCNc1ncc(CN2CC(N(C)C)CC2C(=O)O)cn1. The topological polar surface area (TPSA) is 81.6 Å². The summed E-state index contributed by atoms with van der Waals surface area (Å²) in [5.41, 5.74) is 0.938. The first-order valence-corrected chi connectivity index (χ1v) is 7.69. The molecule has 1 saturated heterocycles. The van der Waals surface area contributed by atoms with Crippen LogP contribution in [0.3, 0.4) is 0 Å². The van der Waals surface area contributed by atoms with Gasteiger partial charge in [-0.3, -0.25) is 9.69 Å². The quantitative estimate of drug-likeness (QED) is 0.774. The number of nitrogens with zero attached hydrogens (tertiary/aromatic N) is 4. The molecule has 0 amide bonds. The van der Waals surface area contributed by atoms with E-state index in [9.17, 15) is 9.90 Å². The summed E-state index contributed by atoms with van der Waals surface area (Å²) in [5, 5.41) is 12.5. The standard InChI is InChI=1S/C15H25N5O2/c1-4-5-16-15-17-7-11(8-18-15)9-20-10-12(19(2)3)6-13(20)14(21)22/h7-8,12-13H,4-6,9-10H2,1-3H3,(H,21,22)(H,16,17,18). The van der Waals surface area contributed by atoms with Crippen LogP contribution in [0.2, 0.25) is 0 Å². The van der Waals surface area contributed by atoms with Gasteiger partial charge in [0, 0.05) is 43.6 Å². The maximum atomic E-state index is 11.4. The number of hydrogen-bond acceptors (Lipinski definition) is 6. The van der Waals surface area contributed by atoms with Gasteiger partial charge in [-0.05, 0) is 26.9 Å². The minimum atomic E-state index is -0.758. The number of carboxylic acids is 1. The van der Waals surface area contributed by atoms with E-state index in [0.717, 1.165) is 25.1 Å². The van der Waals surface area contributed by atoms with Gasteiger partial charge in [-0.1, -0.05) is 6.92 Å². The Morgan fingerprint density at radius 3 is 2.68 bits per heavy atom. The second kappa shape index (κ2) is 7.51. The van der Waals surface area contributed by atoms with E-state index in [-0.39, 0.29) is 6.04 Å². The van der Waals surface area contributed by atoms with Crippen molar-refractivity contribution in [2.45, 2.75) is 38.4 Å². The van der Waals surface area contributed by atoms with Crippen LogP contribution >= 0.6 is 0 Å². The van der Waals surface area contributed by atoms with Crippen LogP contribution in [0, 0.1) is 0 Å². The monoisotopic (exact) mass is 307 g/mol. The van der Waals surface area contributed by atoms with Gasteiger partial charge in [0.2, 0.25) is 5.95 Å². The molecular weight excluding hydrogens is 282 g/mol. The van der Waals surface area contributed by atoms with Crippen LogP contribution in [0.5, 0.6) is 0 Å². The fraction of sp³-hybridized carbons (Fsp3) is 0.667. The number of carboxylic acid groups (broad SMARTS) is 1. The lowest BCUT2D eigenvalue weighted by Crippen LogP contribution is -2.35. The molecule has 0 aliphatic carbocycles. The van der Waals surface area contributed by atoms with Gasteiger partial charge < -0.3 is 15.3 Å². The van der Waals surface area contributed by atoms with Crippen molar-refractivity contribution >= 4 is 11.9 Å². The number of likely N-dealkylation sites (N-methyl/N-ethyl adjacent to an activating group) is 1. The number of aromatic nitrogens is 2.